The summed E-state index contributed by atoms with van der Waals surface area (Å²) in [5.74, 6) is 1.05. The molecular formula is C27H37N5O4. The minimum Gasteiger partial charge on any atom is -0.494 e. The van der Waals surface area contributed by atoms with Crippen molar-refractivity contribution in [2.24, 2.45) is 11.3 Å². The Kier molecular flexibility index (Phi) is 7.55. The van der Waals surface area contributed by atoms with Crippen LogP contribution in [-0.2, 0) is 29.0 Å². The number of aromatic nitrogens is 3. The van der Waals surface area contributed by atoms with Crippen LogP contribution in [0.2, 0.25) is 0 Å². The molecule has 4 bridgehead atoms. The largest absolute Gasteiger partial charge is 0.494 e. The molecule has 0 unspecified atom stereocenters. The van der Waals surface area contributed by atoms with Gasteiger partial charge in [-0.25, -0.2) is 0 Å². The van der Waals surface area contributed by atoms with E-state index >= 15 is 0 Å². The Balaban J connectivity index is 1.29. The second kappa shape index (κ2) is 11.0. The number of fused-ring (bicyclic) bond motifs is 8. The average Bonchev–Trinajstić information content (AvgIpc) is 3.34. The Morgan fingerprint density at radius 2 is 1.83 bits per heavy atom. The molecule has 2 amide bonds. The number of carbonyl (C=O) groups is 2. The molecule has 2 N–H and O–H groups in total. The molecule has 0 atom stereocenters. The van der Waals surface area contributed by atoms with Gasteiger partial charge >= 0.3 is 0 Å². The Labute approximate surface area is 212 Å². The second-order valence-corrected chi connectivity index (χ2v) is 10.6. The molecule has 3 aliphatic heterocycles. The smallest absolute Gasteiger partial charge is 0.226 e. The van der Waals surface area contributed by atoms with E-state index in [0.717, 1.165) is 42.7 Å². The third kappa shape index (κ3) is 5.72. The van der Waals surface area contributed by atoms with Crippen LogP contribution in [0, 0.1) is 11.3 Å². The SMILES string of the molecule is O=C(C1CCC(O)CC1)N1CCC2(CC1)Cc1cn(nn1)CCCOc1ccc(cc1)CCNC2=O. The summed E-state index contributed by atoms with van der Waals surface area (Å²) in [4.78, 5) is 28.7. The molecule has 36 heavy (non-hydrogen) atoms. The van der Waals surface area contributed by atoms with E-state index in [4.69, 9.17) is 4.74 Å². The highest BCUT2D eigenvalue weighted by Gasteiger charge is 2.43. The second-order valence-electron chi connectivity index (χ2n) is 10.6. The van der Waals surface area contributed by atoms with E-state index in [1.54, 1.807) is 0 Å². The Hall–Kier alpha value is -2.94. The molecular weight excluding hydrogens is 458 g/mol. The van der Waals surface area contributed by atoms with Crippen LogP contribution in [0.4, 0.5) is 0 Å². The summed E-state index contributed by atoms with van der Waals surface area (Å²) in [5.41, 5.74) is 1.35. The van der Waals surface area contributed by atoms with Gasteiger partial charge in [0.2, 0.25) is 11.8 Å². The summed E-state index contributed by atoms with van der Waals surface area (Å²) >= 11 is 0. The fourth-order valence-corrected chi connectivity index (χ4v) is 5.77. The lowest BCUT2D eigenvalue weighted by molar-refractivity contribution is -0.144. The normalized spacial score (nSPS) is 25.1. The summed E-state index contributed by atoms with van der Waals surface area (Å²) in [5, 5.41) is 21.6. The molecule has 1 spiro atoms. The van der Waals surface area contributed by atoms with E-state index in [1.165, 1.54) is 0 Å². The molecule has 2 fully saturated rings. The quantitative estimate of drug-likeness (QED) is 0.627. The molecule has 1 aromatic carbocycles. The molecule has 2 aromatic rings. The number of benzene rings is 1. The highest BCUT2D eigenvalue weighted by Crippen LogP contribution is 2.37. The van der Waals surface area contributed by atoms with Crippen molar-refractivity contribution in [1.82, 2.24) is 25.2 Å². The van der Waals surface area contributed by atoms with Crippen molar-refractivity contribution >= 4 is 11.8 Å². The van der Waals surface area contributed by atoms with Gasteiger partial charge in [0.15, 0.2) is 0 Å². The zero-order chi connectivity index (χ0) is 25.0. The first kappa shape index (κ1) is 24.7. The first-order valence-electron chi connectivity index (χ1n) is 13.4. The number of likely N-dealkylation sites (tertiary alicyclic amines) is 1. The van der Waals surface area contributed by atoms with E-state index < -0.39 is 5.41 Å². The van der Waals surface area contributed by atoms with Crippen molar-refractivity contribution in [3.63, 3.8) is 0 Å². The number of ether oxygens (including phenoxy) is 1. The van der Waals surface area contributed by atoms with Gasteiger partial charge in [-0.15, -0.1) is 5.10 Å². The number of aryl methyl sites for hydroxylation is 1. The number of piperidine rings is 1. The van der Waals surface area contributed by atoms with Crippen molar-refractivity contribution in [3.8, 4) is 5.75 Å². The van der Waals surface area contributed by atoms with Crippen LogP contribution in [0.3, 0.4) is 0 Å². The number of carbonyl (C=O) groups excluding carboxylic acids is 2. The van der Waals surface area contributed by atoms with Gasteiger partial charge in [-0.1, -0.05) is 17.3 Å². The molecule has 1 aromatic heterocycles. The summed E-state index contributed by atoms with van der Waals surface area (Å²) < 4.78 is 7.66. The molecule has 4 aliphatic rings. The van der Waals surface area contributed by atoms with Gasteiger partial charge in [0.25, 0.3) is 0 Å². The summed E-state index contributed by atoms with van der Waals surface area (Å²) in [7, 11) is 0. The van der Waals surface area contributed by atoms with Crippen molar-refractivity contribution in [2.45, 2.75) is 70.4 Å². The maximum atomic E-state index is 13.6. The van der Waals surface area contributed by atoms with Crippen molar-refractivity contribution in [2.75, 3.05) is 26.2 Å². The topological polar surface area (TPSA) is 110 Å². The molecule has 9 heteroatoms. The van der Waals surface area contributed by atoms with Crippen LogP contribution in [0.1, 0.15) is 56.2 Å². The highest BCUT2D eigenvalue weighted by molar-refractivity contribution is 5.84. The number of amides is 2. The molecule has 1 saturated carbocycles. The Bertz CT molecular complexity index is 1040. The number of aliphatic hydroxyl groups excluding tert-OH is 1. The Morgan fingerprint density at radius 1 is 1.08 bits per heavy atom. The van der Waals surface area contributed by atoms with E-state index in [2.05, 4.69) is 15.6 Å². The molecule has 194 valence electrons. The van der Waals surface area contributed by atoms with Crippen molar-refractivity contribution < 1.29 is 19.4 Å². The lowest BCUT2D eigenvalue weighted by Gasteiger charge is -2.42. The van der Waals surface area contributed by atoms with Crippen molar-refractivity contribution in [1.29, 1.82) is 0 Å². The molecule has 6 rings (SSSR count). The number of hydrogen-bond donors (Lipinski definition) is 2. The average molecular weight is 496 g/mol. The van der Waals surface area contributed by atoms with Gasteiger partial charge in [0, 0.05) is 51.1 Å². The number of nitrogens with one attached hydrogen (secondary N) is 1. The molecule has 1 aliphatic carbocycles. The summed E-state index contributed by atoms with van der Waals surface area (Å²) in [6, 6.07) is 8.05. The third-order valence-electron chi connectivity index (χ3n) is 8.09. The Morgan fingerprint density at radius 3 is 2.58 bits per heavy atom. The van der Waals surface area contributed by atoms with Crippen LogP contribution in [0.15, 0.2) is 30.5 Å². The fourth-order valence-electron chi connectivity index (χ4n) is 5.77. The lowest BCUT2D eigenvalue weighted by Crippen LogP contribution is -2.52. The third-order valence-corrected chi connectivity index (χ3v) is 8.09. The maximum absolute atomic E-state index is 13.6. The summed E-state index contributed by atoms with van der Waals surface area (Å²) in [6.07, 6.45) is 7.83. The lowest BCUT2D eigenvalue weighted by atomic mass is 9.73. The highest BCUT2D eigenvalue weighted by atomic mass is 16.5. The number of aliphatic hydroxyl groups is 1. The number of hydrogen-bond acceptors (Lipinski definition) is 6. The molecule has 9 nitrogen and oxygen atoms in total. The molecule has 0 radical (unpaired) electrons. The van der Waals surface area contributed by atoms with Crippen LogP contribution >= 0.6 is 0 Å². The van der Waals surface area contributed by atoms with Gasteiger partial charge in [0.1, 0.15) is 5.75 Å². The monoisotopic (exact) mass is 495 g/mol. The van der Waals surface area contributed by atoms with Crippen molar-refractivity contribution in [3.05, 3.63) is 41.7 Å². The van der Waals surface area contributed by atoms with Gasteiger partial charge < -0.3 is 20.1 Å². The van der Waals surface area contributed by atoms with Gasteiger partial charge in [-0.2, -0.15) is 0 Å². The van der Waals surface area contributed by atoms with Crippen LogP contribution in [0.25, 0.3) is 0 Å². The standard InChI is InChI=1S/C27H37N5O4/c33-23-6-4-21(5-7-23)25(34)31-15-11-27(12-16-31)18-22-19-32(30-29-22)14-1-17-36-24-8-2-20(3-9-24)10-13-28-26(27)35/h2-3,8-9,19,21,23,33H,1,4-7,10-18H2,(H,28,35). The van der Waals surface area contributed by atoms with Gasteiger partial charge in [-0.05, 0) is 62.6 Å². The predicted octanol–water partition coefficient (Wildman–Crippen LogP) is 2.12. The molecule has 4 heterocycles. The number of nitrogens with zero attached hydrogens (tertiary/aromatic N) is 4. The zero-order valence-electron chi connectivity index (χ0n) is 20.9. The minimum absolute atomic E-state index is 0.00682. The first-order valence-corrected chi connectivity index (χ1v) is 13.4. The van der Waals surface area contributed by atoms with E-state index in [-0.39, 0.29) is 23.8 Å². The van der Waals surface area contributed by atoms with Crippen LogP contribution in [0.5, 0.6) is 5.75 Å². The fraction of sp³-hybridized carbons (Fsp3) is 0.630. The predicted molar refractivity (Wildman–Crippen MR) is 133 cm³/mol. The molecule has 1 saturated heterocycles. The first-order chi connectivity index (χ1) is 17.5. The summed E-state index contributed by atoms with van der Waals surface area (Å²) in [6.45, 7) is 2.99. The maximum Gasteiger partial charge on any atom is 0.226 e. The minimum atomic E-state index is -0.610. The van der Waals surface area contributed by atoms with Crippen LogP contribution < -0.4 is 10.1 Å². The van der Waals surface area contributed by atoms with Crippen LogP contribution in [-0.4, -0.2) is 69.2 Å². The zero-order valence-corrected chi connectivity index (χ0v) is 20.9. The van der Waals surface area contributed by atoms with E-state index in [0.29, 0.717) is 64.9 Å². The van der Waals surface area contributed by atoms with Gasteiger partial charge in [0.05, 0.1) is 23.8 Å². The van der Waals surface area contributed by atoms with E-state index in [1.807, 2.05) is 40.0 Å². The number of rotatable bonds is 1. The van der Waals surface area contributed by atoms with Gasteiger partial charge in [-0.3, -0.25) is 14.3 Å². The van der Waals surface area contributed by atoms with E-state index in [9.17, 15) is 14.7 Å².